The smallest absolute Gasteiger partial charge is 0.147 e. The molecule has 3 aromatic rings. The maximum absolute atomic E-state index is 5.71. The molecule has 4 heterocycles. The molecule has 6 nitrogen and oxygen atoms in total. The van der Waals surface area contributed by atoms with Gasteiger partial charge in [0.2, 0.25) is 0 Å². The van der Waals surface area contributed by atoms with E-state index in [2.05, 4.69) is 22.0 Å². The van der Waals surface area contributed by atoms with Crippen molar-refractivity contribution in [2.45, 2.75) is 19.8 Å². The zero-order valence-electron chi connectivity index (χ0n) is 14.4. The van der Waals surface area contributed by atoms with E-state index < -0.39 is 0 Å². The number of oxime groups is 1. The first-order valence-corrected chi connectivity index (χ1v) is 9.36. The molecular weight excluding hydrogens is 348 g/mol. The van der Waals surface area contributed by atoms with Crippen LogP contribution in [0.25, 0.3) is 21.1 Å². The number of hydrogen-bond acceptors (Lipinski definition) is 7. The largest absolute Gasteiger partial charge is 0.491 e. The lowest BCUT2D eigenvalue weighted by atomic mass is 10.1. The summed E-state index contributed by atoms with van der Waals surface area (Å²) in [5.74, 6) is 0.746. The standard InChI is InChI=1S/C19H18N4O2S/c1-2-9-25-23-15-7-10-24-16-6-5-14(22-18(15)16)17-12-21-19(26-17)13-4-3-8-20-11-13/h3-6,8,11-12H,2,7,9-10H2,1H3. The number of nitrogens with zero attached hydrogens (tertiary/aromatic N) is 4. The van der Waals surface area contributed by atoms with Crippen molar-refractivity contribution in [3.05, 3.63) is 48.5 Å². The van der Waals surface area contributed by atoms with Gasteiger partial charge < -0.3 is 9.57 Å². The van der Waals surface area contributed by atoms with Gasteiger partial charge in [-0.25, -0.2) is 9.97 Å². The number of hydrogen-bond donors (Lipinski definition) is 0. The molecule has 4 rings (SSSR count). The van der Waals surface area contributed by atoms with Crippen LogP contribution in [0.3, 0.4) is 0 Å². The molecule has 0 aromatic carbocycles. The summed E-state index contributed by atoms with van der Waals surface area (Å²) in [5, 5.41) is 5.18. The molecule has 132 valence electrons. The Morgan fingerprint density at radius 1 is 1.27 bits per heavy atom. The van der Waals surface area contributed by atoms with Crippen LogP contribution in [0.5, 0.6) is 5.75 Å². The maximum Gasteiger partial charge on any atom is 0.147 e. The molecule has 0 saturated heterocycles. The van der Waals surface area contributed by atoms with Gasteiger partial charge in [-0.1, -0.05) is 12.1 Å². The van der Waals surface area contributed by atoms with Gasteiger partial charge in [0, 0.05) is 30.6 Å². The van der Waals surface area contributed by atoms with Gasteiger partial charge in [0.1, 0.15) is 28.8 Å². The lowest BCUT2D eigenvalue weighted by Crippen LogP contribution is -2.18. The van der Waals surface area contributed by atoms with E-state index in [4.69, 9.17) is 14.6 Å². The number of fused-ring (bicyclic) bond motifs is 1. The maximum atomic E-state index is 5.71. The molecule has 0 aliphatic carbocycles. The van der Waals surface area contributed by atoms with Crippen LogP contribution in [-0.4, -0.2) is 33.9 Å². The predicted octanol–water partition coefficient (Wildman–Crippen LogP) is 4.18. The average molecular weight is 366 g/mol. The minimum Gasteiger partial charge on any atom is -0.491 e. The lowest BCUT2D eigenvalue weighted by Gasteiger charge is -2.18. The predicted molar refractivity (Wildman–Crippen MR) is 101 cm³/mol. The van der Waals surface area contributed by atoms with Crippen LogP contribution in [0, 0.1) is 0 Å². The van der Waals surface area contributed by atoms with Crippen molar-refractivity contribution >= 4 is 17.0 Å². The highest BCUT2D eigenvalue weighted by Crippen LogP contribution is 2.33. The molecule has 0 spiro atoms. The Morgan fingerprint density at radius 2 is 2.23 bits per heavy atom. The van der Waals surface area contributed by atoms with Crippen molar-refractivity contribution < 1.29 is 9.57 Å². The van der Waals surface area contributed by atoms with E-state index in [0.717, 1.165) is 44.7 Å². The lowest BCUT2D eigenvalue weighted by molar-refractivity contribution is 0.143. The molecule has 7 heteroatoms. The molecule has 0 radical (unpaired) electrons. The third-order valence-electron chi connectivity index (χ3n) is 3.86. The summed E-state index contributed by atoms with van der Waals surface area (Å²) in [7, 11) is 0. The molecule has 0 unspecified atom stereocenters. The van der Waals surface area contributed by atoms with E-state index in [1.807, 2.05) is 36.7 Å². The van der Waals surface area contributed by atoms with Crippen molar-refractivity contribution in [3.63, 3.8) is 0 Å². The molecule has 0 amide bonds. The van der Waals surface area contributed by atoms with Crippen molar-refractivity contribution in [2.24, 2.45) is 5.16 Å². The number of ether oxygens (including phenoxy) is 1. The van der Waals surface area contributed by atoms with Crippen molar-refractivity contribution in [1.82, 2.24) is 15.0 Å². The first-order valence-electron chi connectivity index (χ1n) is 8.55. The number of pyridine rings is 2. The molecule has 0 atom stereocenters. The van der Waals surface area contributed by atoms with Gasteiger partial charge in [-0.15, -0.1) is 11.3 Å². The third-order valence-corrected chi connectivity index (χ3v) is 4.93. The fraction of sp³-hybridized carbons (Fsp3) is 0.263. The van der Waals surface area contributed by atoms with Crippen LogP contribution in [0.2, 0.25) is 0 Å². The summed E-state index contributed by atoms with van der Waals surface area (Å²) < 4.78 is 5.71. The molecule has 0 bridgehead atoms. The monoisotopic (exact) mass is 366 g/mol. The third kappa shape index (κ3) is 3.43. The highest BCUT2D eigenvalue weighted by molar-refractivity contribution is 7.18. The molecule has 0 N–H and O–H groups in total. The zero-order valence-corrected chi connectivity index (χ0v) is 15.2. The SMILES string of the molecule is CCCON=C1CCOc2ccc(-c3cnc(-c4cccnc4)s3)nc21. The van der Waals surface area contributed by atoms with Crippen LogP contribution in [0.4, 0.5) is 0 Å². The molecule has 0 saturated carbocycles. The Hall–Kier alpha value is -2.80. The van der Waals surface area contributed by atoms with Crippen LogP contribution >= 0.6 is 11.3 Å². The Labute approximate surface area is 155 Å². The Bertz CT molecular complexity index is 924. The van der Waals surface area contributed by atoms with E-state index >= 15 is 0 Å². The highest BCUT2D eigenvalue weighted by atomic mass is 32.1. The molecule has 26 heavy (non-hydrogen) atoms. The zero-order chi connectivity index (χ0) is 17.8. The average Bonchev–Trinajstić information content (AvgIpc) is 3.19. The van der Waals surface area contributed by atoms with Crippen LogP contribution < -0.4 is 4.74 Å². The van der Waals surface area contributed by atoms with E-state index in [9.17, 15) is 0 Å². The highest BCUT2D eigenvalue weighted by Gasteiger charge is 2.21. The molecule has 1 aliphatic rings. The van der Waals surface area contributed by atoms with Crippen molar-refractivity contribution in [3.8, 4) is 26.9 Å². The van der Waals surface area contributed by atoms with E-state index in [1.54, 1.807) is 17.5 Å². The van der Waals surface area contributed by atoms with Gasteiger partial charge in [-0.05, 0) is 30.7 Å². The Kier molecular flexibility index (Phi) is 4.88. The second kappa shape index (κ2) is 7.61. The summed E-state index contributed by atoms with van der Waals surface area (Å²) in [6, 6.07) is 7.80. The van der Waals surface area contributed by atoms with Gasteiger partial charge in [0.15, 0.2) is 0 Å². The first-order chi connectivity index (χ1) is 12.8. The Morgan fingerprint density at radius 3 is 3.08 bits per heavy atom. The summed E-state index contributed by atoms with van der Waals surface area (Å²) in [6.45, 7) is 3.24. The molecule has 1 aliphatic heterocycles. The van der Waals surface area contributed by atoms with Gasteiger partial charge in [0.05, 0.1) is 17.2 Å². The van der Waals surface area contributed by atoms with Gasteiger partial charge in [0.25, 0.3) is 0 Å². The molecule has 3 aromatic heterocycles. The van der Waals surface area contributed by atoms with Gasteiger partial charge in [-0.3, -0.25) is 4.98 Å². The number of thiazole rings is 1. The van der Waals surface area contributed by atoms with Gasteiger partial charge in [-0.2, -0.15) is 0 Å². The number of rotatable bonds is 5. The minimum absolute atomic E-state index is 0.591. The normalized spacial score (nSPS) is 14.7. The van der Waals surface area contributed by atoms with E-state index in [-0.39, 0.29) is 0 Å². The Balaban J connectivity index is 1.66. The topological polar surface area (TPSA) is 69.5 Å². The summed E-state index contributed by atoms with van der Waals surface area (Å²) in [5.41, 5.74) is 3.44. The van der Waals surface area contributed by atoms with Crippen LogP contribution in [-0.2, 0) is 4.84 Å². The second-order valence-corrected chi connectivity index (χ2v) is 6.81. The second-order valence-electron chi connectivity index (χ2n) is 5.78. The van der Waals surface area contributed by atoms with Gasteiger partial charge >= 0.3 is 0 Å². The fourth-order valence-electron chi connectivity index (χ4n) is 2.60. The summed E-state index contributed by atoms with van der Waals surface area (Å²) in [6.07, 6.45) is 7.02. The van der Waals surface area contributed by atoms with Crippen LogP contribution in [0.1, 0.15) is 25.5 Å². The van der Waals surface area contributed by atoms with E-state index in [0.29, 0.717) is 19.6 Å². The number of aromatic nitrogens is 3. The molecular formula is C19H18N4O2S. The molecule has 0 fully saturated rings. The van der Waals surface area contributed by atoms with Crippen molar-refractivity contribution in [2.75, 3.05) is 13.2 Å². The summed E-state index contributed by atoms with van der Waals surface area (Å²) >= 11 is 1.59. The quantitative estimate of drug-likeness (QED) is 0.500. The minimum atomic E-state index is 0.591. The van der Waals surface area contributed by atoms with E-state index in [1.165, 1.54) is 0 Å². The summed E-state index contributed by atoms with van der Waals surface area (Å²) in [4.78, 5) is 19.8. The fourth-order valence-corrected chi connectivity index (χ4v) is 3.48. The first kappa shape index (κ1) is 16.7. The van der Waals surface area contributed by atoms with Crippen molar-refractivity contribution in [1.29, 1.82) is 0 Å². The van der Waals surface area contributed by atoms with Crippen LogP contribution in [0.15, 0.2) is 48.0 Å².